The number of rotatable bonds is 6. The van der Waals surface area contributed by atoms with E-state index in [4.69, 9.17) is 5.73 Å². The van der Waals surface area contributed by atoms with Gasteiger partial charge >= 0.3 is 0 Å². The highest BCUT2D eigenvalue weighted by molar-refractivity contribution is 7.10. The monoisotopic (exact) mass is 240 g/mol. The van der Waals surface area contributed by atoms with Crippen molar-refractivity contribution in [3.05, 3.63) is 22.4 Å². The largest absolute Gasteiger partial charge is 0.353 e. The van der Waals surface area contributed by atoms with E-state index in [-0.39, 0.29) is 17.9 Å². The zero-order valence-corrected chi connectivity index (χ0v) is 10.7. The first-order chi connectivity index (χ1) is 7.65. The SMILES string of the molecule is CC(C)NC(=O)C(CCCN)c1cccs1. The summed E-state index contributed by atoms with van der Waals surface area (Å²) in [6.07, 6.45) is 1.71. The molecule has 16 heavy (non-hydrogen) atoms. The van der Waals surface area contributed by atoms with Crippen LogP contribution in [0, 0.1) is 0 Å². The van der Waals surface area contributed by atoms with E-state index in [1.54, 1.807) is 11.3 Å². The highest BCUT2D eigenvalue weighted by Crippen LogP contribution is 2.25. The fourth-order valence-corrected chi connectivity index (χ4v) is 2.46. The van der Waals surface area contributed by atoms with Gasteiger partial charge in [0.1, 0.15) is 0 Å². The predicted molar refractivity (Wildman–Crippen MR) is 68.6 cm³/mol. The van der Waals surface area contributed by atoms with Gasteiger partial charge in [-0.2, -0.15) is 0 Å². The van der Waals surface area contributed by atoms with Gasteiger partial charge in [0.15, 0.2) is 0 Å². The Morgan fingerprint density at radius 3 is 2.81 bits per heavy atom. The molecule has 90 valence electrons. The lowest BCUT2D eigenvalue weighted by Crippen LogP contribution is -2.34. The molecule has 0 spiro atoms. The molecule has 0 bridgehead atoms. The van der Waals surface area contributed by atoms with Crippen molar-refractivity contribution in [2.75, 3.05) is 6.54 Å². The third-order valence-corrected chi connectivity index (χ3v) is 3.32. The van der Waals surface area contributed by atoms with E-state index < -0.39 is 0 Å². The molecule has 1 rings (SSSR count). The van der Waals surface area contributed by atoms with Crippen LogP contribution in [0.2, 0.25) is 0 Å². The second-order valence-electron chi connectivity index (χ2n) is 4.16. The van der Waals surface area contributed by atoms with Gasteiger partial charge in [-0.25, -0.2) is 0 Å². The molecule has 3 N–H and O–H groups in total. The Kier molecular flexibility index (Phi) is 5.49. The lowest BCUT2D eigenvalue weighted by Gasteiger charge is -2.17. The molecule has 0 saturated heterocycles. The van der Waals surface area contributed by atoms with Crippen LogP contribution in [0.15, 0.2) is 17.5 Å². The maximum Gasteiger partial charge on any atom is 0.228 e. The van der Waals surface area contributed by atoms with Crippen molar-refractivity contribution in [3.63, 3.8) is 0 Å². The van der Waals surface area contributed by atoms with Gasteiger partial charge in [0.25, 0.3) is 0 Å². The molecule has 1 unspecified atom stereocenters. The summed E-state index contributed by atoms with van der Waals surface area (Å²) in [5.74, 6) is 0.0804. The van der Waals surface area contributed by atoms with Crippen LogP contribution in [0.3, 0.4) is 0 Å². The Morgan fingerprint density at radius 1 is 1.56 bits per heavy atom. The van der Waals surface area contributed by atoms with Crippen molar-refractivity contribution in [1.29, 1.82) is 0 Å². The van der Waals surface area contributed by atoms with Crippen LogP contribution in [0.5, 0.6) is 0 Å². The van der Waals surface area contributed by atoms with Crippen LogP contribution in [0.1, 0.15) is 37.5 Å². The van der Waals surface area contributed by atoms with Crippen LogP contribution < -0.4 is 11.1 Å². The van der Waals surface area contributed by atoms with Gasteiger partial charge in [-0.3, -0.25) is 4.79 Å². The van der Waals surface area contributed by atoms with E-state index in [2.05, 4.69) is 5.32 Å². The second kappa shape index (κ2) is 6.66. The molecule has 0 aromatic carbocycles. The topological polar surface area (TPSA) is 55.1 Å². The third kappa shape index (κ3) is 3.94. The second-order valence-corrected chi connectivity index (χ2v) is 5.14. The zero-order valence-electron chi connectivity index (χ0n) is 9.90. The molecular formula is C12H20N2OS. The van der Waals surface area contributed by atoms with Crippen LogP contribution in [0.4, 0.5) is 0 Å². The average Bonchev–Trinajstić information content (AvgIpc) is 2.70. The van der Waals surface area contributed by atoms with Gasteiger partial charge in [-0.15, -0.1) is 11.3 Å². The molecule has 0 aliphatic heterocycles. The molecule has 1 atom stereocenters. The van der Waals surface area contributed by atoms with E-state index in [1.165, 1.54) is 0 Å². The minimum absolute atomic E-state index is 0.0362. The van der Waals surface area contributed by atoms with Gasteiger partial charge in [0, 0.05) is 10.9 Å². The van der Waals surface area contributed by atoms with Gasteiger partial charge in [0.05, 0.1) is 5.92 Å². The van der Waals surface area contributed by atoms with E-state index in [1.807, 2.05) is 31.4 Å². The van der Waals surface area contributed by atoms with Crippen molar-refractivity contribution >= 4 is 17.2 Å². The summed E-state index contributed by atoms with van der Waals surface area (Å²) < 4.78 is 0. The molecule has 3 nitrogen and oxygen atoms in total. The summed E-state index contributed by atoms with van der Waals surface area (Å²) in [7, 11) is 0. The summed E-state index contributed by atoms with van der Waals surface area (Å²) in [5, 5.41) is 4.97. The van der Waals surface area contributed by atoms with Crippen molar-refractivity contribution in [2.24, 2.45) is 5.73 Å². The number of hydrogen-bond acceptors (Lipinski definition) is 3. The van der Waals surface area contributed by atoms with Gasteiger partial charge < -0.3 is 11.1 Å². The Morgan fingerprint density at radius 2 is 2.31 bits per heavy atom. The highest BCUT2D eigenvalue weighted by Gasteiger charge is 2.21. The summed E-state index contributed by atoms with van der Waals surface area (Å²) in [4.78, 5) is 13.1. The van der Waals surface area contributed by atoms with Gasteiger partial charge in [-0.1, -0.05) is 6.07 Å². The summed E-state index contributed by atoms with van der Waals surface area (Å²) >= 11 is 1.64. The van der Waals surface area contributed by atoms with Crippen molar-refractivity contribution in [3.8, 4) is 0 Å². The summed E-state index contributed by atoms with van der Waals surface area (Å²) in [5.41, 5.74) is 5.50. The predicted octanol–water partition coefficient (Wildman–Crippen LogP) is 2.10. The average molecular weight is 240 g/mol. The molecular weight excluding hydrogens is 220 g/mol. The van der Waals surface area contributed by atoms with Crippen LogP contribution in [-0.2, 0) is 4.79 Å². The van der Waals surface area contributed by atoms with E-state index in [9.17, 15) is 4.79 Å². The first-order valence-electron chi connectivity index (χ1n) is 5.69. The Bertz CT molecular complexity index is 309. The van der Waals surface area contributed by atoms with Gasteiger partial charge in [-0.05, 0) is 44.7 Å². The maximum atomic E-state index is 12.0. The minimum atomic E-state index is -0.0362. The normalized spacial score (nSPS) is 12.8. The minimum Gasteiger partial charge on any atom is -0.353 e. The van der Waals surface area contributed by atoms with Crippen molar-refractivity contribution < 1.29 is 4.79 Å². The third-order valence-electron chi connectivity index (χ3n) is 2.33. The van der Waals surface area contributed by atoms with Crippen LogP contribution in [-0.4, -0.2) is 18.5 Å². The zero-order chi connectivity index (χ0) is 12.0. The maximum absolute atomic E-state index is 12.0. The number of amides is 1. The molecule has 0 aliphatic rings. The van der Waals surface area contributed by atoms with Crippen LogP contribution >= 0.6 is 11.3 Å². The molecule has 0 fully saturated rings. The summed E-state index contributed by atoms with van der Waals surface area (Å²) in [6.45, 7) is 4.59. The lowest BCUT2D eigenvalue weighted by atomic mass is 10.00. The molecule has 0 saturated carbocycles. The van der Waals surface area contributed by atoms with E-state index in [0.29, 0.717) is 6.54 Å². The first-order valence-corrected chi connectivity index (χ1v) is 6.57. The Hall–Kier alpha value is -0.870. The number of thiophene rings is 1. The smallest absolute Gasteiger partial charge is 0.228 e. The van der Waals surface area contributed by atoms with E-state index >= 15 is 0 Å². The number of carbonyl (C=O) groups is 1. The number of hydrogen-bond donors (Lipinski definition) is 2. The molecule has 0 radical (unpaired) electrons. The lowest BCUT2D eigenvalue weighted by molar-refractivity contribution is -0.123. The number of carbonyl (C=O) groups excluding carboxylic acids is 1. The van der Waals surface area contributed by atoms with Gasteiger partial charge in [0.2, 0.25) is 5.91 Å². The molecule has 1 aromatic heterocycles. The molecule has 4 heteroatoms. The Labute approximate surface area is 101 Å². The quantitative estimate of drug-likeness (QED) is 0.800. The fraction of sp³-hybridized carbons (Fsp3) is 0.583. The number of nitrogens with two attached hydrogens (primary N) is 1. The summed E-state index contributed by atoms with van der Waals surface area (Å²) in [6, 6.07) is 4.19. The molecule has 1 heterocycles. The number of nitrogens with one attached hydrogen (secondary N) is 1. The van der Waals surface area contributed by atoms with Crippen molar-refractivity contribution in [2.45, 2.75) is 38.6 Å². The first kappa shape index (κ1) is 13.2. The molecule has 1 amide bonds. The highest BCUT2D eigenvalue weighted by atomic mass is 32.1. The van der Waals surface area contributed by atoms with E-state index in [0.717, 1.165) is 17.7 Å². The molecule has 1 aromatic rings. The van der Waals surface area contributed by atoms with Crippen molar-refractivity contribution in [1.82, 2.24) is 5.32 Å². The fourth-order valence-electron chi connectivity index (χ4n) is 1.60. The molecule has 0 aliphatic carbocycles. The standard InChI is InChI=1S/C12H20N2OS/c1-9(2)14-12(15)10(5-3-7-13)11-6-4-8-16-11/h4,6,8-10H,3,5,7,13H2,1-2H3,(H,14,15). The van der Waals surface area contributed by atoms with Crippen LogP contribution in [0.25, 0.3) is 0 Å². The Balaban J connectivity index is 2.67.